The Morgan fingerprint density at radius 1 is 1.30 bits per heavy atom. The highest BCUT2D eigenvalue weighted by atomic mass is 16.5. The van der Waals surface area contributed by atoms with Crippen molar-refractivity contribution in [2.24, 2.45) is 16.7 Å². The Morgan fingerprint density at radius 2 is 2.00 bits per heavy atom. The monoisotopic (exact) mass is 284 g/mol. The van der Waals surface area contributed by atoms with Gasteiger partial charge in [0.1, 0.15) is 0 Å². The maximum absolute atomic E-state index is 11.8. The first-order valence-electron chi connectivity index (χ1n) is 7.51. The summed E-state index contributed by atoms with van der Waals surface area (Å²) < 4.78 is 11.0. The van der Waals surface area contributed by atoms with E-state index >= 15 is 0 Å². The highest BCUT2D eigenvalue weighted by Gasteiger charge is 2.37. The molecule has 2 N–H and O–H groups in total. The lowest BCUT2D eigenvalue weighted by Gasteiger charge is -2.38. The van der Waals surface area contributed by atoms with Crippen LogP contribution in [-0.4, -0.2) is 45.0 Å². The Labute approximate surface area is 121 Å². The number of carbonyl (C=O) groups is 1. The van der Waals surface area contributed by atoms with Gasteiger partial charge in [-0.25, -0.2) is 4.79 Å². The van der Waals surface area contributed by atoms with Crippen LogP contribution in [0.2, 0.25) is 0 Å². The zero-order chi connectivity index (χ0) is 14.8. The van der Waals surface area contributed by atoms with E-state index in [1.165, 1.54) is 0 Å². The third kappa shape index (κ3) is 3.85. The molecule has 116 valence electrons. The summed E-state index contributed by atoms with van der Waals surface area (Å²) in [7, 11) is 0. The predicted molar refractivity (Wildman–Crippen MR) is 77.6 cm³/mol. The van der Waals surface area contributed by atoms with Gasteiger partial charge in [0, 0.05) is 31.0 Å². The van der Waals surface area contributed by atoms with E-state index in [0.29, 0.717) is 19.0 Å². The minimum absolute atomic E-state index is 0.0855. The van der Waals surface area contributed by atoms with Crippen molar-refractivity contribution in [3.05, 3.63) is 0 Å². The summed E-state index contributed by atoms with van der Waals surface area (Å²) in [6.07, 6.45) is 1.24. The molecule has 2 saturated heterocycles. The first-order valence-corrected chi connectivity index (χ1v) is 7.51. The summed E-state index contributed by atoms with van der Waals surface area (Å²) in [5.41, 5.74) is 0.234. The standard InChI is InChI=1S/C15H28N2O3/c1-14(2,3)12-11(5-6-20-12)7-16-13(18)17-8-15(4)9-19-10-15/h11-12H,5-10H2,1-4H3,(H2,16,17,18)/t11-,12+/m1/s1. The largest absolute Gasteiger partial charge is 0.380 e. The van der Waals surface area contributed by atoms with Crippen molar-refractivity contribution in [1.82, 2.24) is 10.6 Å². The van der Waals surface area contributed by atoms with Crippen LogP contribution in [0.5, 0.6) is 0 Å². The van der Waals surface area contributed by atoms with Crippen LogP contribution in [0.25, 0.3) is 0 Å². The third-order valence-electron chi connectivity index (χ3n) is 4.17. The lowest BCUT2D eigenvalue weighted by molar-refractivity contribution is -0.0975. The van der Waals surface area contributed by atoms with Crippen molar-refractivity contribution in [3.8, 4) is 0 Å². The van der Waals surface area contributed by atoms with E-state index in [1.807, 2.05) is 0 Å². The van der Waals surface area contributed by atoms with E-state index in [1.54, 1.807) is 0 Å². The fourth-order valence-corrected chi connectivity index (χ4v) is 2.93. The summed E-state index contributed by atoms with van der Waals surface area (Å²) in [6, 6.07) is -0.0855. The van der Waals surface area contributed by atoms with Crippen LogP contribution in [0.15, 0.2) is 0 Å². The van der Waals surface area contributed by atoms with Crippen LogP contribution in [0.3, 0.4) is 0 Å². The van der Waals surface area contributed by atoms with Crippen LogP contribution in [0, 0.1) is 16.7 Å². The quantitative estimate of drug-likeness (QED) is 0.827. The average molecular weight is 284 g/mol. The number of ether oxygens (including phenoxy) is 2. The molecule has 0 unspecified atom stereocenters. The summed E-state index contributed by atoms with van der Waals surface area (Å²) in [5.74, 6) is 0.406. The number of hydrogen-bond acceptors (Lipinski definition) is 3. The fraction of sp³-hybridized carbons (Fsp3) is 0.933. The number of amides is 2. The molecular formula is C15H28N2O3. The topological polar surface area (TPSA) is 59.6 Å². The first kappa shape index (κ1) is 15.6. The molecule has 0 aliphatic carbocycles. The Bertz CT molecular complexity index is 348. The number of nitrogens with one attached hydrogen (secondary N) is 2. The van der Waals surface area contributed by atoms with E-state index in [-0.39, 0.29) is 23.0 Å². The molecule has 0 saturated carbocycles. The lowest BCUT2D eigenvalue weighted by Crippen LogP contribution is -2.51. The maximum Gasteiger partial charge on any atom is 0.314 e. The molecule has 5 heteroatoms. The van der Waals surface area contributed by atoms with Gasteiger partial charge in [0.25, 0.3) is 0 Å². The van der Waals surface area contributed by atoms with Crippen molar-refractivity contribution in [2.75, 3.05) is 32.9 Å². The Hall–Kier alpha value is -0.810. The minimum atomic E-state index is -0.0855. The molecule has 2 rings (SSSR count). The Kier molecular flexibility index (Phi) is 4.59. The van der Waals surface area contributed by atoms with Crippen molar-refractivity contribution < 1.29 is 14.3 Å². The molecule has 0 aromatic carbocycles. The Morgan fingerprint density at radius 3 is 2.55 bits per heavy atom. The Balaban J connectivity index is 1.70. The van der Waals surface area contributed by atoms with Crippen molar-refractivity contribution >= 4 is 6.03 Å². The lowest BCUT2D eigenvalue weighted by atomic mass is 9.81. The van der Waals surface area contributed by atoms with Crippen LogP contribution >= 0.6 is 0 Å². The molecule has 20 heavy (non-hydrogen) atoms. The molecule has 0 bridgehead atoms. The highest BCUT2D eigenvalue weighted by molar-refractivity contribution is 5.73. The third-order valence-corrected chi connectivity index (χ3v) is 4.17. The molecule has 5 nitrogen and oxygen atoms in total. The second-order valence-corrected chi connectivity index (χ2v) is 7.57. The van der Waals surface area contributed by atoms with Gasteiger partial charge in [-0.15, -0.1) is 0 Å². The van der Waals surface area contributed by atoms with E-state index in [0.717, 1.165) is 26.2 Å². The summed E-state index contributed by atoms with van der Waals surface area (Å²) in [6.45, 7) is 12.3. The van der Waals surface area contributed by atoms with Gasteiger partial charge in [-0.2, -0.15) is 0 Å². The van der Waals surface area contributed by atoms with Gasteiger partial charge in [-0.05, 0) is 11.8 Å². The van der Waals surface area contributed by atoms with Crippen LogP contribution < -0.4 is 10.6 Å². The first-order chi connectivity index (χ1) is 9.30. The summed E-state index contributed by atoms with van der Waals surface area (Å²) in [5, 5.41) is 5.91. The van der Waals surface area contributed by atoms with E-state index in [9.17, 15) is 4.79 Å². The van der Waals surface area contributed by atoms with Crippen molar-refractivity contribution in [1.29, 1.82) is 0 Å². The smallest absolute Gasteiger partial charge is 0.314 e. The second kappa shape index (κ2) is 5.90. The highest BCUT2D eigenvalue weighted by Crippen LogP contribution is 2.34. The van der Waals surface area contributed by atoms with E-state index in [4.69, 9.17) is 9.47 Å². The summed E-state index contributed by atoms with van der Waals surface area (Å²) in [4.78, 5) is 11.8. The van der Waals surface area contributed by atoms with Gasteiger partial charge >= 0.3 is 6.03 Å². The number of hydrogen-bond donors (Lipinski definition) is 2. The van der Waals surface area contributed by atoms with Crippen LogP contribution in [-0.2, 0) is 9.47 Å². The normalized spacial score (nSPS) is 28.8. The molecule has 2 heterocycles. The van der Waals surface area contributed by atoms with E-state index in [2.05, 4.69) is 38.3 Å². The average Bonchev–Trinajstić information content (AvgIpc) is 2.79. The molecule has 2 aliphatic heterocycles. The molecule has 2 amide bonds. The molecular weight excluding hydrogens is 256 g/mol. The molecule has 2 aliphatic rings. The number of urea groups is 1. The number of rotatable bonds is 4. The SMILES string of the molecule is CC1(CNC(=O)NC[C@H]2CCO[C@@H]2C(C)(C)C)COC1. The van der Waals surface area contributed by atoms with Crippen molar-refractivity contribution in [2.45, 2.75) is 40.2 Å². The number of carbonyl (C=O) groups excluding carboxylic acids is 1. The van der Waals surface area contributed by atoms with Gasteiger partial charge in [0.15, 0.2) is 0 Å². The van der Waals surface area contributed by atoms with Gasteiger partial charge in [0.05, 0.1) is 19.3 Å². The molecule has 0 aromatic rings. The minimum Gasteiger partial charge on any atom is -0.380 e. The predicted octanol–water partition coefficient (Wildman–Crippen LogP) is 1.77. The zero-order valence-electron chi connectivity index (χ0n) is 13.1. The molecule has 0 spiro atoms. The molecule has 2 atom stereocenters. The van der Waals surface area contributed by atoms with Gasteiger partial charge in [-0.3, -0.25) is 0 Å². The molecule has 2 fully saturated rings. The molecule has 0 radical (unpaired) electrons. The maximum atomic E-state index is 11.8. The van der Waals surface area contributed by atoms with Crippen LogP contribution in [0.4, 0.5) is 4.79 Å². The van der Waals surface area contributed by atoms with E-state index < -0.39 is 0 Å². The molecule has 0 aromatic heterocycles. The zero-order valence-corrected chi connectivity index (χ0v) is 13.1. The second-order valence-electron chi connectivity index (χ2n) is 7.57. The van der Waals surface area contributed by atoms with Gasteiger partial charge in [-0.1, -0.05) is 27.7 Å². The summed E-state index contributed by atoms with van der Waals surface area (Å²) >= 11 is 0. The van der Waals surface area contributed by atoms with Crippen molar-refractivity contribution in [3.63, 3.8) is 0 Å². The fourth-order valence-electron chi connectivity index (χ4n) is 2.93. The van der Waals surface area contributed by atoms with Gasteiger partial charge < -0.3 is 20.1 Å². The van der Waals surface area contributed by atoms with Gasteiger partial charge in [0.2, 0.25) is 0 Å². The van der Waals surface area contributed by atoms with Crippen LogP contribution in [0.1, 0.15) is 34.1 Å².